The van der Waals surface area contributed by atoms with Crippen LogP contribution < -0.4 is 9.47 Å². The zero-order chi connectivity index (χ0) is 20.3. The summed E-state index contributed by atoms with van der Waals surface area (Å²) in [6.07, 6.45) is -0.848. The minimum atomic E-state index is -0.662. The summed E-state index contributed by atoms with van der Waals surface area (Å²) in [7, 11) is 1.64. The van der Waals surface area contributed by atoms with E-state index in [1.165, 1.54) is 0 Å². The van der Waals surface area contributed by atoms with Gasteiger partial charge >= 0.3 is 0 Å². The number of fused-ring (bicyclic) bond motifs is 1. The molecule has 0 aliphatic carbocycles. The summed E-state index contributed by atoms with van der Waals surface area (Å²) >= 11 is 0. The third kappa shape index (κ3) is 4.90. The van der Waals surface area contributed by atoms with Gasteiger partial charge in [0.25, 0.3) is 0 Å². The van der Waals surface area contributed by atoms with Crippen molar-refractivity contribution in [3.8, 4) is 11.5 Å². The van der Waals surface area contributed by atoms with Crippen molar-refractivity contribution < 1.29 is 28.4 Å². The lowest BCUT2D eigenvalue weighted by Crippen LogP contribution is -2.49. The van der Waals surface area contributed by atoms with E-state index in [4.69, 9.17) is 28.4 Å². The summed E-state index contributed by atoms with van der Waals surface area (Å²) < 4.78 is 35.5. The Morgan fingerprint density at radius 1 is 1.00 bits per heavy atom. The number of hydrogen-bond donors (Lipinski definition) is 0. The highest BCUT2D eigenvalue weighted by Gasteiger charge is 2.52. The molecular formula is C23H28O6. The second kappa shape index (κ2) is 8.71. The molecule has 4 atom stereocenters. The topological polar surface area (TPSA) is 55.4 Å². The van der Waals surface area contributed by atoms with Gasteiger partial charge < -0.3 is 28.4 Å². The number of methoxy groups -OCH3 is 1. The van der Waals surface area contributed by atoms with Crippen molar-refractivity contribution >= 4 is 0 Å². The van der Waals surface area contributed by atoms with Crippen LogP contribution in [-0.4, -0.2) is 44.6 Å². The standard InChI is InChI=1S/C23H28O6/c1-23(2)27-14-19-20(15-25-18-11-9-17(24-3)10-12-18)28-22(21(19)29-23)26-13-16-7-5-4-6-8-16/h4-12,19-22H,13-15H2,1-3H3/t19-,20+,21-,22-/m0/s1. The van der Waals surface area contributed by atoms with Crippen LogP contribution in [0.1, 0.15) is 19.4 Å². The summed E-state index contributed by atoms with van der Waals surface area (Å²) in [5, 5.41) is 0. The van der Waals surface area contributed by atoms with Crippen molar-refractivity contribution in [2.45, 2.75) is 44.7 Å². The van der Waals surface area contributed by atoms with Gasteiger partial charge in [0.1, 0.15) is 30.3 Å². The van der Waals surface area contributed by atoms with Crippen LogP contribution in [0, 0.1) is 5.92 Å². The first kappa shape index (κ1) is 20.2. The summed E-state index contributed by atoms with van der Waals surface area (Å²) in [6, 6.07) is 17.5. The number of hydrogen-bond acceptors (Lipinski definition) is 6. The van der Waals surface area contributed by atoms with Crippen LogP contribution in [0.15, 0.2) is 54.6 Å². The van der Waals surface area contributed by atoms with Crippen LogP contribution in [0.4, 0.5) is 0 Å². The largest absolute Gasteiger partial charge is 0.497 e. The van der Waals surface area contributed by atoms with Gasteiger partial charge in [-0.1, -0.05) is 30.3 Å². The third-order valence-corrected chi connectivity index (χ3v) is 5.25. The average molecular weight is 400 g/mol. The van der Waals surface area contributed by atoms with Crippen molar-refractivity contribution in [3.63, 3.8) is 0 Å². The molecule has 2 aliphatic heterocycles. The number of benzene rings is 2. The highest BCUT2D eigenvalue weighted by atomic mass is 16.8. The minimum Gasteiger partial charge on any atom is -0.497 e. The van der Waals surface area contributed by atoms with Gasteiger partial charge in [0.05, 0.1) is 20.3 Å². The molecule has 2 aromatic carbocycles. The molecule has 2 saturated heterocycles. The van der Waals surface area contributed by atoms with Crippen LogP contribution in [0.2, 0.25) is 0 Å². The molecular weight excluding hydrogens is 372 g/mol. The van der Waals surface area contributed by atoms with Gasteiger partial charge in [-0.2, -0.15) is 0 Å². The molecule has 6 heteroatoms. The molecule has 2 aliphatic rings. The van der Waals surface area contributed by atoms with E-state index in [1.807, 2.05) is 68.4 Å². The van der Waals surface area contributed by atoms with Crippen LogP contribution in [-0.2, 0) is 25.6 Å². The molecule has 2 heterocycles. The van der Waals surface area contributed by atoms with Crippen LogP contribution >= 0.6 is 0 Å². The van der Waals surface area contributed by atoms with Gasteiger partial charge in [0, 0.05) is 5.92 Å². The Morgan fingerprint density at radius 2 is 1.72 bits per heavy atom. The lowest BCUT2D eigenvalue weighted by Gasteiger charge is -2.39. The van der Waals surface area contributed by atoms with E-state index < -0.39 is 12.1 Å². The summed E-state index contributed by atoms with van der Waals surface area (Å²) in [5.74, 6) is 0.935. The molecule has 6 nitrogen and oxygen atoms in total. The minimum absolute atomic E-state index is 0.0436. The lowest BCUT2D eigenvalue weighted by molar-refractivity contribution is -0.309. The Labute approximate surface area is 171 Å². The number of ether oxygens (including phenoxy) is 6. The smallest absolute Gasteiger partial charge is 0.185 e. The van der Waals surface area contributed by atoms with Crippen LogP contribution in [0.5, 0.6) is 11.5 Å². The van der Waals surface area contributed by atoms with Crippen molar-refractivity contribution in [1.29, 1.82) is 0 Å². The molecule has 4 rings (SSSR count). The zero-order valence-corrected chi connectivity index (χ0v) is 17.1. The maximum Gasteiger partial charge on any atom is 0.185 e. The van der Waals surface area contributed by atoms with Gasteiger partial charge in [0.2, 0.25) is 0 Å². The highest BCUT2D eigenvalue weighted by Crippen LogP contribution is 2.38. The fourth-order valence-electron chi connectivity index (χ4n) is 3.67. The Morgan fingerprint density at radius 3 is 2.45 bits per heavy atom. The predicted molar refractivity (Wildman–Crippen MR) is 107 cm³/mol. The van der Waals surface area contributed by atoms with Gasteiger partial charge in [0.15, 0.2) is 12.1 Å². The van der Waals surface area contributed by atoms with Crippen molar-refractivity contribution in [1.82, 2.24) is 0 Å². The first-order chi connectivity index (χ1) is 14.0. The Kier molecular flexibility index (Phi) is 6.06. The normalized spacial score (nSPS) is 28.0. The van der Waals surface area contributed by atoms with Gasteiger partial charge in [-0.05, 0) is 43.7 Å². The maximum absolute atomic E-state index is 6.21. The second-order valence-corrected chi connectivity index (χ2v) is 7.78. The molecule has 0 spiro atoms. The summed E-state index contributed by atoms with van der Waals surface area (Å²) in [4.78, 5) is 0. The van der Waals surface area contributed by atoms with Gasteiger partial charge in [-0.25, -0.2) is 0 Å². The zero-order valence-electron chi connectivity index (χ0n) is 17.1. The SMILES string of the molecule is COc1ccc(OC[C@H]2O[C@H](OCc3ccccc3)[C@H]3OC(C)(C)OC[C@H]32)cc1. The monoisotopic (exact) mass is 400 g/mol. The molecule has 0 N–H and O–H groups in total. The van der Waals surface area contributed by atoms with Crippen molar-refractivity contribution in [2.24, 2.45) is 5.92 Å². The lowest BCUT2D eigenvalue weighted by atomic mass is 9.98. The summed E-state index contributed by atoms with van der Waals surface area (Å²) in [5.41, 5.74) is 1.09. The van der Waals surface area contributed by atoms with E-state index in [9.17, 15) is 0 Å². The first-order valence-electron chi connectivity index (χ1n) is 9.94. The van der Waals surface area contributed by atoms with E-state index >= 15 is 0 Å². The Balaban J connectivity index is 1.40. The molecule has 0 unspecified atom stereocenters. The molecule has 0 radical (unpaired) electrons. The fraction of sp³-hybridized carbons (Fsp3) is 0.478. The third-order valence-electron chi connectivity index (χ3n) is 5.25. The van der Waals surface area contributed by atoms with Gasteiger partial charge in [-0.15, -0.1) is 0 Å². The van der Waals surface area contributed by atoms with Crippen molar-refractivity contribution in [2.75, 3.05) is 20.3 Å². The fourth-order valence-corrected chi connectivity index (χ4v) is 3.67. The van der Waals surface area contributed by atoms with Crippen molar-refractivity contribution in [3.05, 3.63) is 60.2 Å². The molecule has 0 amide bonds. The molecule has 29 heavy (non-hydrogen) atoms. The molecule has 0 aromatic heterocycles. The van der Waals surface area contributed by atoms with Crippen LogP contribution in [0.3, 0.4) is 0 Å². The Hall–Kier alpha value is -2.12. The van der Waals surface area contributed by atoms with Gasteiger partial charge in [-0.3, -0.25) is 0 Å². The highest BCUT2D eigenvalue weighted by molar-refractivity contribution is 5.31. The maximum atomic E-state index is 6.21. The van der Waals surface area contributed by atoms with Crippen LogP contribution in [0.25, 0.3) is 0 Å². The molecule has 0 saturated carbocycles. The quantitative estimate of drug-likeness (QED) is 0.705. The van der Waals surface area contributed by atoms with E-state index in [0.717, 1.165) is 17.1 Å². The first-order valence-corrected chi connectivity index (χ1v) is 9.94. The average Bonchev–Trinajstić information content (AvgIpc) is 3.07. The summed E-state index contributed by atoms with van der Waals surface area (Å²) in [6.45, 7) is 5.23. The predicted octanol–water partition coefficient (Wildman–Crippen LogP) is 3.78. The number of rotatable bonds is 7. The molecule has 156 valence electrons. The molecule has 2 aromatic rings. The van der Waals surface area contributed by atoms with E-state index in [-0.39, 0.29) is 18.1 Å². The van der Waals surface area contributed by atoms with E-state index in [1.54, 1.807) is 7.11 Å². The van der Waals surface area contributed by atoms with E-state index in [0.29, 0.717) is 19.8 Å². The second-order valence-electron chi connectivity index (χ2n) is 7.78. The Bertz CT molecular complexity index is 776. The molecule has 2 fully saturated rings. The van der Waals surface area contributed by atoms with E-state index in [2.05, 4.69) is 0 Å². The molecule has 0 bridgehead atoms.